The van der Waals surface area contributed by atoms with Crippen LogP contribution < -0.4 is 5.43 Å². The molecule has 27 heavy (non-hydrogen) atoms. The Morgan fingerprint density at radius 3 is 2.41 bits per heavy atom. The van der Waals surface area contributed by atoms with Gasteiger partial charge in [-0.05, 0) is 36.4 Å². The summed E-state index contributed by atoms with van der Waals surface area (Å²) in [4.78, 5) is 10.6. The third-order valence-corrected chi connectivity index (χ3v) is 4.00. The molecule has 3 aromatic rings. The molecule has 3 rings (SSSR count). The van der Waals surface area contributed by atoms with Crippen LogP contribution in [0.2, 0.25) is 0 Å². The quantitative estimate of drug-likeness (QED) is 0.181. The van der Waals surface area contributed by atoms with Gasteiger partial charge in [-0.2, -0.15) is 5.10 Å². The molecular formula is C19H14BrN5O2. The summed E-state index contributed by atoms with van der Waals surface area (Å²) in [5.41, 5.74) is 4.73. The number of nitrogens with one attached hydrogen (secondary N) is 1. The number of hydrogen-bond acceptors (Lipinski definition) is 5. The van der Waals surface area contributed by atoms with Gasteiger partial charge in [0.25, 0.3) is 5.69 Å². The van der Waals surface area contributed by atoms with Crippen molar-refractivity contribution in [2.24, 2.45) is 15.3 Å². The maximum Gasteiger partial charge on any atom is 0.270 e. The van der Waals surface area contributed by atoms with Gasteiger partial charge in [0.2, 0.25) is 5.84 Å². The van der Waals surface area contributed by atoms with Crippen LogP contribution in [-0.2, 0) is 0 Å². The van der Waals surface area contributed by atoms with Crippen LogP contribution in [0.1, 0.15) is 5.56 Å². The summed E-state index contributed by atoms with van der Waals surface area (Å²) < 4.78 is 0.930. The number of anilines is 1. The number of amidine groups is 1. The Bertz CT molecular complexity index is 988. The molecule has 0 unspecified atom stereocenters. The van der Waals surface area contributed by atoms with Gasteiger partial charge in [0.15, 0.2) is 0 Å². The first-order valence-corrected chi connectivity index (χ1v) is 8.72. The third-order valence-electron chi connectivity index (χ3n) is 3.47. The maximum atomic E-state index is 11.1. The van der Waals surface area contributed by atoms with Gasteiger partial charge in [-0.15, -0.1) is 10.2 Å². The van der Waals surface area contributed by atoms with Crippen molar-refractivity contribution in [2.45, 2.75) is 0 Å². The zero-order valence-corrected chi connectivity index (χ0v) is 15.6. The lowest BCUT2D eigenvalue weighted by atomic mass is 10.2. The monoisotopic (exact) mass is 423 g/mol. The summed E-state index contributed by atoms with van der Waals surface area (Å²) in [5.74, 6) is 0.227. The van der Waals surface area contributed by atoms with E-state index in [9.17, 15) is 10.1 Å². The smallest absolute Gasteiger partial charge is 0.270 e. The van der Waals surface area contributed by atoms with E-state index >= 15 is 0 Å². The second-order valence-corrected chi connectivity index (χ2v) is 6.31. The van der Waals surface area contributed by atoms with Gasteiger partial charge >= 0.3 is 0 Å². The fourth-order valence-electron chi connectivity index (χ4n) is 2.15. The molecule has 0 bridgehead atoms. The number of non-ortho nitro benzene ring substituents is 1. The lowest BCUT2D eigenvalue weighted by Gasteiger charge is -2.03. The third kappa shape index (κ3) is 5.29. The largest absolute Gasteiger partial charge is 0.276 e. The molecule has 7 nitrogen and oxygen atoms in total. The number of nitro benzene ring substituents is 1. The van der Waals surface area contributed by atoms with E-state index in [-0.39, 0.29) is 11.5 Å². The molecule has 0 aromatic heterocycles. The zero-order valence-electron chi connectivity index (χ0n) is 14.0. The Morgan fingerprint density at radius 2 is 1.70 bits per heavy atom. The van der Waals surface area contributed by atoms with Crippen molar-refractivity contribution in [3.05, 3.63) is 99.0 Å². The fraction of sp³-hybridized carbons (Fsp3) is 0. The summed E-state index contributed by atoms with van der Waals surface area (Å²) in [6, 6.07) is 22.7. The molecule has 0 radical (unpaired) electrons. The maximum absolute atomic E-state index is 11.1. The van der Waals surface area contributed by atoms with Gasteiger partial charge in [0.1, 0.15) is 0 Å². The van der Waals surface area contributed by atoms with Gasteiger partial charge in [0.05, 0.1) is 16.3 Å². The van der Waals surface area contributed by atoms with Crippen LogP contribution in [0.15, 0.2) is 98.7 Å². The molecule has 0 aliphatic heterocycles. The van der Waals surface area contributed by atoms with Crippen molar-refractivity contribution in [2.75, 3.05) is 5.43 Å². The highest BCUT2D eigenvalue weighted by atomic mass is 79.9. The second-order valence-electron chi connectivity index (χ2n) is 5.40. The van der Waals surface area contributed by atoms with Gasteiger partial charge in [0, 0.05) is 22.2 Å². The molecule has 8 heteroatoms. The molecular weight excluding hydrogens is 410 g/mol. The first-order chi connectivity index (χ1) is 13.1. The molecule has 0 atom stereocenters. The van der Waals surface area contributed by atoms with E-state index in [0.29, 0.717) is 11.3 Å². The van der Waals surface area contributed by atoms with E-state index in [2.05, 4.69) is 36.7 Å². The molecule has 0 aliphatic rings. The van der Waals surface area contributed by atoms with Crippen molar-refractivity contribution < 1.29 is 4.92 Å². The highest BCUT2D eigenvalue weighted by Gasteiger charge is 2.10. The highest BCUT2D eigenvalue weighted by molar-refractivity contribution is 9.10. The Morgan fingerprint density at radius 1 is 0.963 bits per heavy atom. The number of nitrogens with zero attached hydrogens (tertiary/aromatic N) is 4. The molecule has 0 spiro atoms. The van der Waals surface area contributed by atoms with Crippen molar-refractivity contribution in [3.8, 4) is 0 Å². The minimum absolute atomic E-state index is 0.0428. The van der Waals surface area contributed by atoms with Crippen molar-refractivity contribution in [1.29, 1.82) is 0 Å². The van der Waals surface area contributed by atoms with Crippen LogP contribution in [0.25, 0.3) is 0 Å². The number of halogens is 1. The van der Waals surface area contributed by atoms with Crippen LogP contribution in [0, 0.1) is 10.1 Å². The Labute approximate surface area is 163 Å². The summed E-state index contributed by atoms with van der Waals surface area (Å²) in [7, 11) is 0. The number of benzene rings is 3. The molecule has 0 aliphatic carbocycles. The molecule has 0 fully saturated rings. The van der Waals surface area contributed by atoms with E-state index in [0.717, 1.165) is 10.2 Å². The van der Waals surface area contributed by atoms with Crippen molar-refractivity contribution in [1.82, 2.24) is 0 Å². The van der Waals surface area contributed by atoms with E-state index in [4.69, 9.17) is 0 Å². The summed E-state index contributed by atoms with van der Waals surface area (Å²) in [5, 5.41) is 23.7. The average Bonchev–Trinajstić information content (AvgIpc) is 2.70. The number of para-hydroxylation sites is 1. The zero-order chi connectivity index (χ0) is 19.1. The standard InChI is InChI=1S/C19H14BrN5O2/c20-15-9-11-17(12-10-15)22-24-19(23-21-16-6-2-1-3-7-16)14-5-4-8-18(13-14)25(26)27/h1-13,21H/b23-19+,24-22?. The number of hydrogen-bond donors (Lipinski definition) is 1. The topological polar surface area (TPSA) is 92.2 Å². The molecule has 134 valence electrons. The SMILES string of the molecule is O=[N+]([O-])c1cccc(/C(N=Nc2ccc(Br)cc2)=N\Nc2ccccc2)c1. The van der Waals surface area contributed by atoms with Crippen LogP contribution in [-0.4, -0.2) is 10.8 Å². The number of nitro groups is 1. The summed E-state index contributed by atoms with van der Waals surface area (Å²) in [6.07, 6.45) is 0. The van der Waals surface area contributed by atoms with E-state index in [1.807, 2.05) is 42.5 Å². The molecule has 0 amide bonds. The Kier molecular flexibility index (Phi) is 6.01. The Hall–Kier alpha value is -3.39. The van der Waals surface area contributed by atoms with Crippen molar-refractivity contribution in [3.63, 3.8) is 0 Å². The lowest BCUT2D eigenvalue weighted by molar-refractivity contribution is -0.384. The average molecular weight is 424 g/mol. The van der Waals surface area contributed by atoms with E-state index < -0.39 is 4.92 Å². The second kappa shape index (κ2) is 8.81. The normalized spacial score (nSPS) is 11.5. The van der Waals surface area contributed by atoms with Crippen molar-refractivity contribution >= 4 is 38.8 Å². The van der Waals surface area contributed by atoms with Crippen LogP contribution in [0.3, 0.4) is 0 Å². The van der Waals surface area contributed by atoms with Gasteiger partial charge in [-0.25, -0.2) is 0 Å². The van der Waals surface area contributed by atoms with Gasteiger partial charge in [-0.1, -0.05) is 46.3 Å². The Balaban J connectivity index is 1.94. The highest BCUT2D eigenvalue weighted by Crippen LogP contribution is 2.19. The number of azo groups is 1. The van der Waals surface area contributed by atoms with E-state index in [1.54, 1.807) is 24.3 Å². The minimum atomic E-state index is -0.461. The van der Waals surface area contributed by atoms with Gasteiger partial charge < -0.3 is 0 Å². The fourth-order valence-corrected chi connectivity index (χ4v) is 2.41. The predicted octanol–water partition coefficient (Wildman–Crippen LogP) is 5.91. The molecule has 3 aromatic carbocycles. The van der Waals surface area contributed by atoms with Crippen LogP contribution in [0.5, 0.6) is 0 Å². The lowest BCUT2D eigenvalue weighted by Crippen LogP contribution is -2.02. The number of rotatable bonds is 5. The molecule has 1 N–H and O–H groups in total. The summed E-state index contributed by atoms with van der Waals surface area (Å²) >= 11 is 3.36. The first-order valence-electron chi connectivity index (χ1n) is 7.93. The predicted molar refractivity (Wildman–Crippen MR) is 108 cm³/mol. The summed E-state index contributed by atoms with van der Waals surface area (Å²) in [6.45, 7) is 0. The van der Waals surface area contributed by atoms with Crippen LogP contribution >= 0.6 is 15.9 Å². The molecule has 0 saturated carbocycles. The van der Waals surface area contributed by atoms with Crippen LogP contribution in [0.4, 0.5) is 17.1 Å². The van der Waals surface area contributed by atoms with E-state index in [1.165, 1.54) is 12.1 Å². The first kappa shape index (κ1) is 18.4. The minimum Gasteiger partial charge on any atom is -0.276 e. The van der Waals surface area contributed by atoms with Gasteiger partial charge in [-0.3, -0.25) is 15.5 Å². The molecule has 0 heterocycles. The number of hydrazone groups is 1. The molecule has 0 saturated heterocycles.